The first-order chi connectivity index (χ1) is 22.5. The van der Waals surface area contributed by atoms with Crippen molar-refractivity contribution < 1.29 is 62.3 Å². The molecule has 1 aromatic rings. The fourth-order valence-corrected chi connectivity index (χ4v) is 8.93. The molecule has 3 heterocycles. The van der Waals surface area contributed by atoms with Crippen LogP contribution in [0.25, 0.3) is 0 Å². The highest BCUT2D eigenvalue weighted by Crippen LogP contribution is 2.69. The van der Waals surface area contributed by atoms with Crippen LogP contribution in [0.5, 0.6) is 0 Å². The summed E-state index contributed by atoms with van der Waals surface area (Å²) in [6.07, 6.45) is 0.145. The second-order valence-corrected chi connectivity index (χ2v) is 14.2. The van der Waals surface area contributed by atoms with Gasteiger partial charge in [0.15, 0.2) is 6.10 Å². The molecule has 2 N–H and O–H groups in total. The summed E-state index contributed by atoms with van der Waals surface area (Å²) in [6, 6.07) is 1.67. The SMILES string of the molecule is C=C1[C@H]([C@@]2(C)C=CC(=O)O[C@]3(C)COC(=O)C[C@H]23)[C@@H](OC=O)[C@H](OC(=O)[C@@H](O)[C@@H](C)CC)[C@@]2(C)[C@H](c3ccoc3)C[C@@H](OC(C)=O)[C@]12O. The number of rotatable bonds is 9. The van der Waals surface area contributed by atoms with Crippen molar-refractivity contribution in [3.05, 3.63) is 48.5 Å². The van der Waals surface area contributed by atoms with E-state index in [9.17, 15) is 34.2 Å². The van der Waals surface area contributed by atoms with Crippen molar-refractivity contribution in [2.45, 2.75) is 102 Å². The molecule has 4 aliphatic rings. The zero-order valence-electron chi connectivity index (χ0n) is 28.0. The molecule has 0 unspecified atom stereocenters. The molecule has 0 amide bonds. The van der Waals surface area contributed by atoms with E-state index in [1.165, 1.54) is 31.6 Å². The topological polar surface area (TPSA) is 185 Å². The number of carbonyl (C=O) groups excluding carboxylic acids is 5. The molecule has 2 aliphatic heterocycles. The van der Waals surface area contributed by atoms with Crippen LogP contribution in [0.4, 0.5) is 0 Å². The van der Waals surface area contributed by atoms with Crippen molar-refractivity contribution in [3.8, 4) is 0 Å². The summed E-state index contributed by atoms with van der Waals surface area (Å²) in [5.41, 5.74) is -5.87. The van der Waals surface area contributed by atoms with E-state index in [2.05, 4.69) is 6.58 Å². The molecule has 3 fully saturated rings. The van der Waals surface area contributed by atoms with E-state index in [0.717, 1.165) is 0 Å². The standard InChI is InChI=1S/C35H44O13/c1-8-18(2)28(40)31(41)47-30-29(45-17-36)27(32(5)11-9-25(38)48-33(6)16-44-26(39)14-23(32)33)19(3)35(42)24(46-20(4)37)13-22(34(30,35)7)21-10-12-43-15-21/h9-12,15,17-18,22-24,27-30,40,42H,3,8,13-14,16H2,1-2,4-7H3/t18-,22-,23+,24+,27-,28-,29+,30-,32-,33+,34+,35+/m0/s1. The minimum Gasteiger partial charge on any atom is -0.472 e. The van der Waals surface area contributed by atoms with Crippen molar-refractivity contribution in [1.29, 1.82) is 0 Å². The van der Waals surface area contributed by atoms with Crippen molar-refractivity contribution in [2.24, 2.45) is 28.6 Å². The molecular weight excluding hydrogens is 628 g/mol. The van der Waals surface area contributed by atoms with Gasteiger partial charge in [-0.3, -0.25) is 14.4 Å². The van der Waals surface area contributed by atoms with Gasteiger partial charge in [-0.2, -0.15) is 0 Å². The summed E-state index contributed by atoms with van der Waals surface area (Å²) >= 11 is 0. The van der Waals surface area contributed by atoms with Crippen LogP contribution in [0.2, 0.25) is 0 Å². The number of aliphatic hydroxyl groups excluding tert-OH is 1. The third kappa shape index (κ3) is 5.26. The third-order valence-electron chi connectivity index (χ3n) is 11.6. The molecule has 0 bridgehead atoms. The van der Waals surface area contributed by atoms with Gasteiger partial charge in [0.05, 0.1) is 24.4 Å². The van der Waals surface area contributed by atoms with Crippen LogP contribution in [0, 0.1) is 28.6 Å². The minimum absolute atomic E-state index is 0.0231. The lowest BCUT2D eigenvalue weighted by atomic mass is 9.47. The summed E-state index contributed by atoms with van der Waals surface area (Å²) in [6.45, 7) is 13.9. The Hall–Kier alpha value is -3.97. The Morgan fingerprint density at radius 1 is 1.21 bits per heavy atom. The molecular formula is C35H44O13. The van der Waals surface area contributed by atoms with Crippen molar-refractivity contribution in [2.75, 3.05) is 6.61 Å². The fourth-order valence-electron chi connectivity index (χ4n) is 8.93. The number of hydrogen-bond donors (Lipinski definition) is 2. The Labute approximate surface area is 278 Å². The van der Waals surface area contributed by atoms with Gasteiger partial charge in [0.2, 0.25) is 0 Å². The molecule has 1 aromatic heterocycles. The Morgan fingerprint density at radius 3 is 2.52 bits per heavy atom. The number of fused-ring (bicyclic) bond motifs is 2. The predicted octanol–water partition coefficient (Wildman–Crippen LogP) is 2.92. The summed E-state index contributed by atoms with van der Waals surface area (Å²) in [5.74, 6) is -6.21. The van der Waals surface area contributed by atoms with E-state index in [1.807, 2.05) is 0 Å². The zero-order valence-corrected chi connectivity index (χ0v) is 28.0. The number of allylic oxidation sites excluding steroid dienone is 1. The number of carbonyl (C=O) groups is 5. The van der Waals surface area contributed by atoms with Crippen LogP contribution < -0.4 is 0 Å². The van der Waals surface area contributed by atoms with E-state index in [-0.39, 0.29) is 31.5 Å². The third-order valence-corrected chi connectivity index (χ3v) is 11.6. The maximum absolute atomic E-state index is 13.7. The summed E-state index contributed by atoms with van der Waals surface area (Å²) in [5, 5.41) is 24.2. The molecule has 0 aromatic carbocycles. The first kappa shape index (κ1) is 35.3. The summed E-state index contributed by atoms with van der Waals surface area (Å²) in [7, 11) is 0. The smallest absolute Gasteiger partial charge is 0.335 e. The van der Waals surface area contributed by atoms with Crippen LogP contribution in [0.15, 0.2) is 47.3 Å². The van der Waals surface area contributed by atoms with Gasteiger partial charge in [0.1, 0.15) is 36.1 Å². The van der Waals surface area contributed by atoms with Gasteiger partial charge in [-0.1, -0.05) is 46.8 Å². The number of esters is 4. The molecule has 5 rings (SSSR count). The van der Waals surface area contributed by atoms with E-state index < -0.39 is 94.0 Å². The van der Waals surface area contributed by atoms with Crippen molar-refractivity contribution in [1.82, 2.24) is 0 Å². The molecule has 48 heavy (non-hydrogen) atoms. The quantitative estimate of drug-likeness (QED) is 0.169. The largest absolute Gasteiger partial charge is 0.472 e. The first-order valence-corrected chi connectivity index (χ1v) is 16.2. The van der Waals surface area contributed by atoms with Crippen LogP contribution in [-0.4, -0.2) is 82.8 Å². The molecule has 262 valence electrons. The van der Waals surface area contributed by atoms with Gasteiger partial charge in [-0.25, -0.2) is 9.59 Å². The van der Waals surface area contributed by atoms with E-state index in [1.54, 1.807) is 40.7 Å². The van der Waals surface area contributed by atoms with Gasteiger partial charge in [-0.05, 0) is 36.5 Å². The monoisotopic (exact) mass is 672 g/mol. The maximum Gasteiger partial charge on any atom is 0.335 e. The number of aliphatic hydroxyl groups is 2. The van der Waals surface area contributed by atoms with E-state index in [0.29, 0.717) is 12.0 Å². The van der Waals surface area contributed by atoms with Gasteiger partial charge < -0.3 is 38.3 Å². The lowest BCUT2D eigenvalue weighted by Gasteiger charge is -2.61. The highest BCUT2D eigenvalue weighted by atomic mass is 16.6. The highest BCUT2D eigenvalue weighted by Gasteiger charge is 2.77. The van der Waals surface area contributed by atoms with Crippen molar-refractivity contribution >= 4 is 30.3 Å². The normalized spacial score (nSPS) is 40.3. The van der Waals surface area contributed by atoms with Crippen LogP contribution in [0.3, 0.4) is 0 Å². The number of hydrogen-bond acceptors (Lipinski definition) is 13. The highest BCUT2D eigenvalue weighted by molar-refractivity contribution is 5.83. The van der Waals surface area contributed by atoms with Gasteiger partial charge >= 0.3 is 23.9 Å². The second kappa shape index (κ2) is 12.5. The average Bonchev–Trinajstić information content (AvgIpc) is 3.62. The van der Waals surface area contributed by atoms with E-state index >= 15 is 0 Å². The molecule has 13 nitrogen and oxygen atoms in total. The fraction of sp³-hybridized carbons (Fsp3) is 0.629. The molecule has 12 atom stereocenters. The van der Waals surface area contributed by atoms with Gasteiger partial charge in [0.25, 0.3) is 6.47 Å². The zero-order chi connectivity index (χ0) is 35.4. The predicted molar refractivity (Wildman–Crippen MR) is 164 cm³/mol. The van der Waals surface area contributed by atoms with Gasteiger partial charge in [0, 0.05) is 36.2 Å². The number of furan rings is 1. The lowest BCUT2D eigenvalue weighted by molar-refractivity contribution is -0.243. The van der Waals surface area contributed by atoms with Crippen LogP contribution >= 0.6 is 0 Å². The Kier molecular flexibility index (Phi) is 9.19. The van der Waals surface area contributed by atoms with Gasteiger partial charge in [-0.15, -0.1) is 0 Å². The summed E-state index contributed by atoms with van der Waals surface area (Å²) in [4.78, 5) is 64.4. The molecule has 0 radical (unpaired) electrons. The summed E-state index contributed by atoms with van der Waals surface area (Å²) < 4.78 is 34.4. The molecule has 0 spiro atoms. The van der Waals surface area contributed by atoms with Crippen LogP contribution in [-0.2, 0) is 47.7 Å². The molecule has 2 aliphatic carbocycles. The van der Waals surface area contributed by atoms with Crippen LogP contribution in [0.1, 0.15) is 72.3 Å². The average molecular weight is 673 g/mol. The Morgan fingerprint density at radius 2 is 1.92 bits per heavy atom. The lowest BCUT2D eigenvalue weighted by Crippen LogP contribution is -2.71. The molecule has 1 saturated heterocycles. The minimum atomic E-state index is -2.17. The number of ether oxygens (including phenoxy) is 5. The molecule has 13 heteroatoms. The first-order valence-electron chi connectivity index (χ1n) is 16.2. The Balaban J connectivity index is 1.79. The second-order valence-electron chi connectivity index (χ2n) is 14.2. The Bertz CT molecular complexity index is 1500. The van der Waals surface area contributed by atoms with E-state index in [4.69, 9.17) is 28.1 Å². The number of cyclic esters (lactones) is 1. The van der Waals surface area contributed by atoms with Crippen molar-refractivity contribution in [3.63, 3.8) is 0 Å². The molecule has 2 saturated carbocycles. The maximum atomic E-state index is 13.7.